The molecular formula is C21H24N4O. The minimum absolute atomic E-state index is 0.137. The van der Waals surface area contributed by atoms with E-state index in [1.165, 1.54) is 19.3 Å². The largest absolute Gasteiger partial charge is 0.326 e. The minimum atomic E-state index is 0.137. The highest BCUT2D eigenvalue weighted by atomic mass is 16.1. The number of fused-ring (bicyclic) bond motifs is 1. The zero-order chi connectivity index (χ0) is 17.9. The summed E-state index contributed by atoms with van der Waals surface area (Å²) in [6.45, 7) is 2.07. The van der Waals surface area contributed by atoms with Crippen LogP contribution in [0.3, 0.4) is 0 Å². The quantitative estimate of drug-likeness (QED) is 0.752. The Balaban J connectivity index is 0.000000510. The van der Waals surface area contributed by atoms with Crippen LogP contribution in [0.4, 0.5) is 5.69 Å². The molecule has 2 aliphatic rings. The van der Waals surface area contributed by atoms with Gasteiger partial charge < -0.3 is 5.32 Å². The molecule has 3 aromatic rings. The lowest BCUT2D eigenvalue weighted by Crippen LogP contribution is -2.28. The maximum absolute atomic E-state index is 12.1. The van der Waals surface area contributed by atoms with Crippen LogP contribution in [0, 0.1) is 12.8 Å². The molecule has 2 saturated carbocycles. The number of nitrogens with one attached hydrogen (secondary N) is 1. The summed E-state index contributed by atoms with van der Waals surface area (Å²) in [5, 5.41) is 7.22. The van der Waals surface area contributed by atoms with E-state index in [0.717, 1.165) is 47.3 Å². The summed E-state index contributed by atoms with van der Waals surface area (Å²) >= 11 is 0. The molecule has 5 nitrogen and oxygen atoms in total. The molecule has 1 N–H and O–H groups in total. The van der Waals surface area contributed by atoms with Crippen molar-refractivity contribution in [1.29, 1.82) is 0 Å². The van der Waals surface area contributed by atoms with Crippen LogP contribution in [-0.4, -0.2) is 20.5 Å². The second-order valence-electron chi connectivity index (χ2n) is 7.19. The molecule has 1 aromatic carbocycles. The van der Waals surface area contributed by atoms with Gasteiger partial charge in [-0.1, -0.05) is 31.7 Å². The van der Waals surface area contributed by atoms with Gasteiger partial charge >= 0.3 is 0 Å². The van der Waals surface area contributed by atoms with E-state index < -0.39 is 0 Å². The molecule has 2 aliphatic carbocycles. The van der Waals surface area contributed by atoms with Gasteiger partial charge in [0.15, 0.2) is 5.65 Å². The molecule has 0 spiro atoms. The van der Waals surface area contributed by atoms with Gasteiger partial charge in [0.2, 0.25) is 5.91 Å². The van der Waals surface area contributed by atoms with Crippen molar-refractivity contribution < 1.29 is 4.79 Å². The number of rotatable bonds is 3. The number of hydrogen-bond acceptors (Lipinski definition) is 3. The Morgan fingerprint density at radius 1 is 1.12 bits per heavy atom. The Hall–Kier alpha value is -2.69. The van der Waals surface area contributed by atoms with Crippen LogP contribution in [0.2, 0.25) is 0 Å². The molecule has 0 radical (unpaired) electrons. The molecule has 0 aliphatic heterocycles. The first kappa shape index (κ1) is 16.8. The smallest absolute Gasteiger partial charge is 0.227 e. The fourth-order valence-electron chi connectivity index (χ4n) is 2.90. The molecule has 0 unspecified atom stereocenters. The van der Waals surface area contributed by atoms with Crippen molar-refractivity contribution in [2.24, 2.45) is 5.92 Å². The molecule has 2 heterocycles. The molecule has 5 heteroatoms. The maximum atomic E-state index is 12.1. The third kappa shape index (κ3) is 3.77. The van der Waals surface area contributed by atoms with Gasteiger partial charge in [-0.15, -0.1) is 0 Å². The Morgan fingerprint density at radius 2 is 1.92 bits per heavy atom. The van der Waals surface area contributed by atoms with E-state index >= 15 is 0 Å². The summed E-state index contributed by atoms with van der Waals surface area (Å²) in [5.41, 5.74) is 4.97. The summed E-state index contributed by atoms with van der Waals surface area (Å²) in [7, 11) is 0. The van der Waals surface area contributed by atoms with Gasteiger partial charge in [0.05, 0.1) is 0 Å². The van der Waals surface area contributed by atoms with Crippen LogP contribution >= 0.6 is 0 Å². The number of carbonyl (C=O) groups is 1. The number of anilines is 1. The lowest BCUT2D eigenvalue weighted by molar-refractivity contribution is -0.122. The predicted octanol–water partition coefficient (Wildman–Crippen LogP) is 4.61. The van der Waals surface area contributed by atoms with Crippen molar-refractivity contribution in [3.63, 3.8) is 0 Å². The Morgan fingerprint density at radius 3 is 2.62 bits per heavy atom. The highest BCUT2D eigenvalue weighted by Gasteiger charge is 2.25. The Kier molecular flexibility index (Phi) is 4.69. The summed E-state index contributed by atoms with van der Waals surface area (Å²) in [4.78, 5) is 16.3. The van der Waals surface area contributed by atoms with Crippen LogP contribution < -0.4 is 5.32 Å². The molecule has 26 heavy (non-hydrogen) atoms. The molecule has 0 saturated heterocycles. The summed E-state index contributed by atoms with van der Waals surface area (Å²) in [5.74, 6) is 0.323. The molecule has 2 fully saturated rings. The topological polar surface area (TPSA) is 59.3 Å². The molecule has 5 rings (SSSR count). The van der Waals surface area contributed by atoms with Crippen LogP contribution in [0.1, 0.15) is 44.1 Å². The van der Waals surface area contributed by atoms with Gasteiger partial charge in [-0.3, -0.25) is 4.79 Å². The zero-order valence-corrected chi connectivity index (χ0v) is 15.1. The van der Waals surface area contributed by atoms with Gasteiger partial charge in [-0.25, -0.2) is 9.50 Å². The lowest BCUT2D eigenvalue weighted by atomic mass is 9.85. The third-order valence-corrected chi connectivity index (χ3v) is 4.92. The van der Waals surface area contributed by atoms with Gasteiger partial charge in [-0.2, -0.15) is 5.10 Å². The number of nitrogens with zero attached hydrogens (tertiary/aromatic N) is 3. The van der Waals surface area contributed by atoms with E-state index in [4.69, 9.17) is 0 Å². The molecule has 1 amide bonds. The molecule has 134 valence electrons. The fraction of sp³-hybridized carbons (Fsp3) is 0.381. The lowest BCUT2D eigenvalue weighted by Gasteiger charge is -2.24. The number of benzene rings is 1. The number of hydrogen-bond donors (Lipinski definition) is 1. The van der Waals surface area contributed by atoms with E-state index in [0.29, 0.717) is 0 Å². The van der Waals surface area contributed by atoms with Crippen LogP contribution in [0.15, 0.2) is 42.9 Å². The first-order valence-electron chi connectivity index (χ1n) is 9.42. The standard InChI is InChI=1S/C18H18N4O.C3H6/c1-12-5-7-15(21-18(23)13-3-2-4-13)9-16(12)14-6-8-17-19-11-20-22(17)10-14;1-2-3-1/h5-11,13H,2-4H2,1H3,(H,21,23);1-3H2. The Bertz CT molecular complexity index is 922. The molecule has 0 bridgehead atoms. The second-order valence-corrected chi connectivity index (χ2v) is 7.19. The van der Waals surface area contributed by atoms with Crippen molar-refractivity contribution in [2.75, 3.05) is 5.32 Å². The Labute approximate surface area is 153 Å². The first-order valence-corrected chi connectivity index (χ1v) is 9.42. The van der Waals surface area contributed by atoms with Crippen molar-refractivity contribution in [2.45, 2.75) is 45.4 Å². The fourth-order valence-corrected chi connectivity index (χ4v) is 2.90. The summed E-state index contributed by atoms with van der Waals surface area (Å²) < 4.78 is 1.76. The minimum Gasteiger partial charge on any atom is -0.326 e. The van der Waals surface area contributed by atoms with E-state index in [-0.39, 0.29) is 11.8 Å². The average molecular weight is 348 g/mol. The molecular weight excluding hydrogens is 324 g/mol. The highest BCUT2D eigenvalue weighted by Crippen LogP contribution is 2.30. The van der Waals surface area contributed by atoms with E-state index in [9.17, 15) is 4.79 Å². The normalized spacial score (nSPS) is 15.7. The zero-order valence-electron chi connectivity index (χ0n) is 15.1. The van der Waals surface area contributed by atoms with Gasteiger partial charge in [0.1, 0.15) is 6.33 Å². The third-order valence-electron chi connectivity index (χ3n) is 4.92. The van der Waals surface area contributed by atoms with Crippen LogP contribution in [0.25, 0.3) is 16.8 Å². The second kappa shape index (κ2) is 7.28. The van der Waals surface area contributed by atoms with Crippen molar-refractivity contribution in [3.8, 4) is 11.1 Å². The maximum Gasteiger partial charge on any atom is 0.227 e. The van der Waals surface area contributed by atoms with Crippen molar-refractivity contribution in [3.05, 3.63) is 48.4 Å². The molecule has 2 aromatic heterocycles. The number of carbonyl (C=O) groups excluding carboxylic acids is 1. The average Bonchev–Trinajstić information content (AvgIpc) is 3.40. The van der Waals surface area contributed by atoms with Gasteiger partial charge in [-0.05, 0) is 55.2 Å². The van der Waals surface area contributed by atoms with Crippen LogP contribution in [0.5, 0.6) is 0 Å². The van der Waals surface area contributed by atoms with E-state index in [1.54, 1.807) is 10.8 Å². The van der Waals surface area contributed by atoms with Crippen LogP contribution in [-0.2, 0) is 4.79 Å². The number of pyridine rings is 1. The van der Waals surface area contributed by atoms with Gasteiger partial charge in [0, 0.05) is 23.4 Å². The van der Waals surface area contributed by atoms with E-state index in [2.05, 4.69) is 22.3 Å². The number of aromatic nitrogens is 3. The summed E-state index contributed by atoms with van der Waals surface area (Å²) in [6.07, 6.45) is 11.2. The first-order chi connectivity index (χ1) is 12.7. The predicted molar refractivity (Wildman–Crippen MR) is 103 cm³/mol. The monoisotopic (exact) mass is 348 g/mol. The SMILES string of the molecule is C1CC1.Cc1ccc(NC(=O)C2CCC2)cc1-c1ccc2ncnn2c1. The number of amides is 1. The van der Waals surface area contributed by atoms with Gasteiger partial charge in [0.25, 0.3) is 0 Å². The van der Waals surface area contributed by atoms with Crippen molar-refractivity contribution in [1.82, 2.24) is 14.6 Å². The summed E-state index contributed by atoms with van der Waals surface area (Å²) in [6, 6.07) is 10.0. The van der Waals surface area contributed by atoms with Crippen molar-refractivity contribution >= 4 is 17.2 Å². The van der Waals surface area contributed by atoms with E-state index in [1.807, 2.05) is 36.5 Å². The number of aryl methyl sites for hydroxylation is 1. The molecule has 0 atom stereocenters. The highest BCUT2D eigenvalue weighted by molar-refractivity contribution is 5.93.